The second-order valence-electron chi connectivity index (χ2n) is 2.08. The van der Waals surface area contributed by atoms with Crippen molar-refractivity contribution in [2.24, 2.45) is 0 Å². The Kier molecular flexibility index (Phi) is 2.58. The topological polar surface area (TPSA) is 17.1 Å². The summed E-state index contributed by atoms with van der Waals surface area (Å²) in [6.07, 6.45) is -7.41. The average molecular weight is 176 g/mol. The number of halogens is 5. The van der Waals surface area contributed by atoms with Gasteiger partial charge in [-0.3, -0.25) is 4.79 Å². The normalized spacial score (nSPS) is 13.3. The van der Waals surface area contributed by atoms with Gasteiger partial charge in [-0.1, -0.05) is 0 Å². The molecule has 11 heavy (non-hydrogen) atoms. The molecule has 0 rings (SSSR count). The lowest BCUT2D eigenvalue weighted by atomic mass is 10.2. The Labute approximate surface area is 59.2 Å². The van der Waals surface area contributed by atoms with Crippen LogP contribution < -0.4 is 0 Å². The zero-order valence-electron chi connectivity index (χ0n) is 5.51. The van der Waals surface area contributed by atoms with Crippen LogP contribution in [0.2, 0.25) is 0 Å². The second-order valence-corrected chi connectivity index (χ2v) is 2.08. The van der Waals surface area contributed by atoms with Crippen molar-refractivity contribution in [1.82, 2.24) is 0 Å². The van der Waals surface area contributed by atoms with E-state index >= 15 is 0 Å². The number of rotatable bonds is 2. The lowest BCUT2D eigenvalue weighted by Crippen LogP contribution is -2.37. The number of hydrogen-bond acceptors (Lipinski definition) is 1. The summed E-state index contributed by atoms with van der Waals surface area (Å²) in [5.41, 5.74) is 0. The van der Waals surface area contributed by atoms with E-state index in [-0.39, 0.29) is 0 Å². The Morgan fingerprint density at radius 3 is 1.64 bits per heavy atom. The van der Waals surface area contributed by atoms with Crippen molar-refractivity contribution in [2.75, 3.05) is 0 Å². The molecule has 0 aromatic rings. The molecule has 0 aliphatic rings. The van der Waals surface area contributed by atoms with Gasteiger partial charge in [-0.25, -0.2) is 0 Å². The largest absolute Gasteiger partial charge is 0.453 e. The smallest absolute Gasteiger partial charge is 0.300 e. The summed E-state index contributed by atoms with van der Waals surface area (Å²) in [4.78, 5) is 9.93. The fourth-order valence-electron chi connectivity index (χ4n) is 0.413. The minimum Gasteiger partial charge on any atom is -0.300 e. The molecule has 0 aromatic heterocycles. The van der Waals surface area contributed by atoms with Gasteiger partial charge >= 0.3 is 12.1 Å². The number of Topliss-reactive ketones (excluding diaryl/α,β-unsaturated/α-hetero) is 1. The average Bonchev–Trinajstić information content (AvgIpc) is 1.56. The predicted molar refractivity (Wildman–Crippen MR) is 26.3 cm³/mol. The van der Waals surface area contributed by atoms with Gasteiger partial charge in [0, 0.05) is 0 Å². The first-order chi connectivity index (χ1) is 4.67. The molecule has 0 radical (unpaired) electrons. The molecule has 0 bridgehead atoms. The van der Waals surface area contributed by atoms with Crippen molar-refractivity contribution in [2.45, 2.75) is 25.4 Å². The fraction of sp³-hybridized carbons (Fsp3) is 0.800. The Balaban J connectivity index is 4.34. The van der Waals surface area contributed by atoms with Gasteiger partial charge < -0.3 is 0 Å². The number of carbonyl (C=O) groups is 1. The predicted octanol–water partition coefficient (Wildman–Crippen LogP) is 2.16. The summed E-state index contributed by atoms with van der Waals surface area (Å²) in [5.74, 6) is -6.08. The summed E-state index contributed by atoms with van der Waals surface area (Å²) in [6, 6.07) is 0. The molecular weight excluding hydrogens is 171 g/mol. The van der Waals surface area contributed by atoms with Gasteiger partial charge in [0.1, 0.15) is 5.78 Å². The van der Waals surface area contributed by atoms with Crippen molar-refractivity contribution in [3.63, 3.8) is 0 Å². The van der Waals surface area contributed by atoms with Crippen molar-refractivity contribution in [3.8, 4) is 0 Å². The first kappa shape index (κ1) is 10.3. The van der Waals surface area contributed by atoms with E-state index in [1.54, 1.807) is 0 Å². The van der Waals surface area contributed by atoms with Crippen LogP contribution in [-0.4, -0.2) is 17.9 Å². The molecule has 0 aliphatic carbocycles. The lowest BCUT2D eigenvalue weighted by Gasteiger charge is -2.17. The molecule has 6 heteroatoms. The van der Waals surface area contributed by atoms with E-state index in [4.69, 9.17) is 0 Å². The van der Waals surface area contributed by atoms with Gasteiger partial charge in [-0.2, -0.15) is 22.0 Å². The summed E-state index contributed by atoms with van der Waals surface area (Å²) in [6.45, 7) is 0.680. The molecule has 0 N–H and O–H groups in total. The Morgan fingerprint density at radius 1 is 1.18 bits per heavy atom. The molecule has 0 aromatic carbocycles. The van der Waals surface area contributed by atoms with Gasteiger partial charge in [-0.15, -0.1) is 0 Å². The Morgan fingerprint density at radius 2 is 1.55 bits per heavy atom. The van der Waals surface area contributed by atoms with Crippen molar-refractivity contribution < 1.29 is 26.7 Å². The van der Waals surface area contributed by atoms with Crippen LogP contribution in [0.25, 0.3) is 0 Å². The summed E-state index contributed by atoms with van der Waals surface area (Å²) in [7, 11) is 0. The zero-order chi connectivity index (χ0) is 9.28. The highest BCUT2D eigenvalue weighted by molar-refractivity contribution is 5.76. The van der Waals surface area contributed by atoms with E-state index in [9.17, 15) is 26.7 Å². The number of hydrogen-bond donors (Lipinski definition) is 0. The zero-order valence-corrected chi connectivity index (χ0v) is 5.51. The van der Waals surface area contributed by atoms with Crippen LogP contribution in [0.3, 0.4) is 0 Å². The quantitative estimate of drug-likeness (QED) is 0.589. The van der Waals surface area contributed by atoms with E-state index < -0.39 is 24.3 Å². The molecule has 0 unspecified atom stereocenters. The highest BCUT2D eigenvalue weighted by atomic mass is 19.4. The summed E-state index contributed by atoms with van der Waals surface area (Å²) < 4.78 is 57.5. The van der Waals surface area contributed by atoms with Crippen LogP contribution in [0.1, 0.15) is 13.3 Å². The van der Waals surface area contributed by atoms with Gasteiger partial charge in [-0.05, 0) is 6.92 Å². The third kappa shape index (κ3) is 2.81. The first-order valence-electron chi connectivity index (χ1n) is 2.61. The van der Waals surface area contributed by atoms with Gasteiger partial charge in [0.2, 0.25) is 0 Å². The van der Waals surface area contributed by atoms with Crippen LogP contribution >= 0.6 is 0 Å². The summed E-state index contributed by atoms with van der Waals surface area (Å²) >= 11 is 0. The Hall–Kier alpha value is -0.680. The van der Waals surface area contributed by atoms with E-state index in [1.807, 2.05) is 0 Å². The molecule has 0 aliphatic heterocycles. The van der Waals surface area contributed by atoms with Crippen molar-refractivity contribution in [1.29, 1.82) is 0 Å². The lowest BCUT2D eigenvalue weighted by molar-refractivity contribution is -0.281. The Bertz CT molecular complexity index is 159. The third-order valence-corrected chi connectivity index (χ3v) is 0.886. The highest BCUT2D eigenvalue weighted by Gasteiger charge is 2.57. The van der Waals surface area contributed by atoms with E-state index in [0.717, 1.165) is 0 Å². The van der Waals surface area contributed by atoms with Crippen molar-refractivity contribution in [3.05, 3.63) is 0 Å². The van der Waals surface area contributed by atoms with Crippen LogP contribution in [-0.2, 0) is 4.79 Å². The second kappa shape index (κ2) is 2.75. The monoisotopic (exact) mass is 176 g/mol. The van der Waals surface area contributed by atoms with Gasteiger partial charge in [0.25, 0.3) is 0 Å². The number of ketones is 1. The van der Waals surface area contributed by atoms with E-state index in [1.165, 1.54) is 0 Å². The van der Waals surface area contributed by atoms with Crippen LogP contribution in [0.15, 0.2) is 0 Å². The maximum Gasteiger partial charge on any atom is 0.453 e. The van der Waals surface area contributed by atoms with Crippen LogP contribution in [0, 0.1) is 0 Å². The number of carbonyl (C=O) groups excluding carboxylic acids is 1. The highest BCUT2D eigenvalue weighted by Crippen LogP contribution is 2.37. The van der Waals surface area contributed by atoms with Crippen molar-refractivity contribution >= 4 is 5.78 Å². The van der Waals surface area contributed by atoms with Gasteiger partial charge in [0.05, 0.1) is 6.42 Å². The fourth-order valence-corrected chi connectivity index (χ4v) is 0.413. The molecule has 0 heterocycles. The summed E-state index contributed by atoms with van der Waals surface area (Å²) in [5, 5.41) is 0. The molecule has 0 saturated carbocycles. The molecule has 0 fully saturated rings. The SMILES string of the molecule is CC(=O)CC(F)(F)C(F)(F)F. The minimum atomic E-state index is -5.63. The van der Waals surface area contributed by atoms with E-state index in [2.05, 4.69) is 0 Å². The molecule has 0 atom stereocenters. The molecule has 1 nitrogen and oxygen atoms in total. The van der Waals surface area contributed by atoms with Crippen LogP contribution in [0.5, 0.6) is 0 Å². The molecule has 0 amide bonds. The first-order valence-corrected chi connectivity index (χ1v) is 2.61. The van der Waals surface area contributed by atoms with Crippen LogP contribution in [0.4, 0.5) is 22.0 Å². The molecule has 66 valence electrons. The molecular formula is C5H5F5O. The third-order valence-electron chi connectivity index (χ3n) is 0.886. The van der Waals surface area contributed by atoms with E-state index in [0.29, 0.717) is 6.92 Å². The maximum atomic E-state index is 11.8. The minimum absolute atomic E-state index is 0.680. The molecule has 0 spiro atoms. The maximum absolute atomic E-state index is 11.8. The molecule has 0 saturated heterocycles. The standard InChI is InChI=1S/C5H5F5O/c1-3(11)2-4(6,7)5(8,9)10/h2H2,1H3. The van der Waals surface area contributed by atoms with Gasteiger partial charge in [0.15, 0.2) is 0 Å². The number of alkyl halides is 5.